The topological polar surface area (TPSA) is 48.5 Å². The van der Waals surface area contributed by atoms with Crippen LogP contribution in [0.4, 0.5) is 15.9 Å². The highest BCUT2D eigenvalue weighted by molar-refractivity contribution is 6.07. The SMILES string of the molecule is C=C\C=C/C(=C/C(=C\C)C(=O)N(Cc1ccc(F)cc1)c1ccnc(NC2CCN(CC3=CC=CCC=C3)CC2)c1)C(C)C.CC.CC. The van der Waals surface area contributed by atoms with Crippen LogP contribution in [0.1, 0.15) is 73.3 Å². The summed E-state index contributed by atoms with van der Waals surface area (Å²) in [5.41, 5.74) is 4.52. The fourth-order valence-electron chi connectivity index (χ4n) is 5.34. The van der Waals surface area contributed by atoms with E-state index in [1.54, 1.807) is 29.3 Å². The maximum Gasteiger partial charge on any atom is 0.258 e. The van der Waals surface area contributed by atoms with E-state index in [1.165, 1.54) is 17.7 Å². The molecular weight excluding hydrogens is 595 g/mol. The Balaban J connectivity index is 0.00000193. The maximum absolute atomic E-state index is 14.1. The zero-order chi connectivity index (χ0) is 35.3. The van der Waals surface area contributed by atoms with Crippen molar-refractivity contribution in [1.82, 2.24) is 9.88 Å². The van der Waals surface area contributed by atoms with E-state index in [-0.39, 0.29) is 17.6 Å². The molecule has 258 valence electrons. The highest BCUT2D eigenvalue weighted by atomic mass is 19.1. The van der Waals surface area contributed by atoms with Gasteiger partial charge in [-0.05, 0) is 73.1 Å². The van der Waals surface area contributed by atoms with Crippen LogP contribution in [0.15, 0.2) is 127 Å². The molecule has 2 aliphatic rings. The molecule has 0 unspecified atom stereocenters. The van der Waals surface area contributed by atoms with Gasteiger partial charge in [-0.15, -0.1) is 0 Å². The van der Waals surface area contributed by atoms with Crippen LogP contribution in [-0.2, 0) is 11.3 Å². The molecule has 0 spiro atoms. The molecule has 1 aliphatic carbocycles. The average molecular weight is 653 g/mol. The lowest BCUT2D eigenvalue weighted by Crippen LogP contribution is -2.40. The fourth-order valence-corrected chi connectivity index (χ4v) is 5.34. The molecule has 4 rings (SSSR count). The summed E-state index contributed by atoms with van der Waals surface area (Å²) in [4.78, 5) is 23.0. The summed E-state index contributed by atoms with van der Waals surface area (Å²) in [7, 11) is 0. The van der Waals surface area contributed by atoms with Gasteiger partial charge in [0, 0.05) is 49.2 Å². The second-order valence-corrected chi connectivity index (χ2v) is 11.6. The van der Waals surface area contributed by atoms with Gasteiger partial charge in [0.05, 0.1) is 6.54 Å². The average Bonchev–Trinajstić information content (AvgIpc) is 3.39. The number of carbonyl (C=O) groups is 1. The fraction of sp³-hybridized carbons (Fsp3) is 0.381. The van der Waals surface area contributed by atoms with Crippen molar-refractivity contribution >= 4 is 17.4 Å². The minimum Gasteiger partial charge on any atom is -0.367 e. The number of carbonyl (C=O) groups excluding carboxylic acids is 1. The van der Waals surface area contributed by atoms with Crippen LogP contribution in [0.3, 0.4) is 0 Å². The number of nitrogens with one attached hydrogen (secondary N) is 1. The number of rotatable bonds is 12. The summed E-state index contributed by atoms with van der Waals surface area (Å²) >= 11 is 0. The van der Waals surface area contributed by atoms with Gasteiger partial charge in [0.1, 0.15) is 11.6 Å². The molecule has 1 aromatic carbocycles. The molecule has 1 fully saturated rings. The van der Waals surface area contributed by atoms with Gasteiger partial charge in [-0.25, -0.2) is 9.37 Å². The monoisotopic (exact) mass is 652 g/mol. The zero-order valence-electron chi connectivity index (χ0n) is 30.3. The van der Waals surface area contributed by atoms with Gasteiger partial charge in [0.2, 0.25) is 0 Å². The number of aromatic nitrogens is 1. The number of benzene rings is 1. The molecule has 0 saturated carbocycles. The molecule has 0 bridgehead atoms. The van der Waals surface area contributed by atoms with Gasteiger partial charge < -0.3 is 10.2 Å². The van der Waals surface area contributed by atoms with Crippen LogP contribution in [0, 0.1) is 11.7 Å². The molecule has 5 nitrogen and oxygen atoms in total. The second kappa shape index (κ2) is 22.3. The van der Waals surface area contributed by atoms with Gasteiger partial charge in [-0.2, -0.15) is 0 Å². The van der Waals surface area contributed by atoms with E-state index in [4.69, 9.17) is 0 Å². The summed E-state index contributed by atoms with van der Waals surface area (Å²) < 4.78 is 13.7. The third-order valence-electron chi connectivity index (χ3n) is 7.92. The smallest absolute Gasteiger partial charge is 0.258 e. The third kappa shape index (κ3) is 13.1. The molecule has 1 aromatic heterocycles. The summed E-state index contributed by atoms with van der Waals surface area (Å²) in [6.07, 6.45) is 25.1. The number of allylic oxidation sites excluding steroid dienone is 9. The number of anilines is 2. The predicted octanol–water partition coefficient (Wildman–Crippen LogP) is 10.4. The highest BCUT2D eigenvalue weighted by Gasteiger charge is 2.23. The van der Waals surface area contributed by atoms with Gasteiger partial charge >= 0.3 is 0 Å². The van der Waals surface area contributed by atoms with E-state index in [0.717, 1.165) is 61.5 Å². The molecule has 2 heterocycles. The first-order valence-corrected chi connectivity index (χ1v) is 17.6. The molecule has 0 radical (unpaired) electrons. The largest absolute Gasteiger partial charge is 0.367 e. The minimum atomic E-state index is -0.306. The van der Waals surface area contributed by atoms with E-state index in [1.807, 2.05) is 71.1 Å². The van der Waals surface area contributed by atoms with E-state index in [9.17, 15) is 9.18 Å². The Bertz CT molecular complexity index is 1450. The van der Waals surface area contributed by atoms with Gasteiger partial charge in [-0.3, -0.25) is 9.69 Å². The minimum absolute atomic E-state index is 0.135. The summed E-state index contributed by atoms with van der Waals surface area (Å²) in [5, 5.41) is 3.62. The number of likely N-dealkylation sites (tertiary alicyclic amines) is 1. The van der Waals surface area contributed by atoms with Crippen LogP contribution < -0.4 is 10.2 Å². The normalized spacial score (nSPS) is 15.6. The van der Waals surface area contributed by atoms with Gasteiger partial charge in [0.15, 0.2) is 0 Å². The van der Waals surface area contributed by atoms with Gasteiger partial charge in [-0.1, -0.05) is 115 Å². The van der Waals surface area contributed by atoms with E-state index in [2.05, 4.69) is 66.0 Å². The Morgan fingerprint density at radius 1 is 1.10 bits per heavy atom. The number of pyridine rings is 1. The number of piperidine rings is 1. The lowest BCUT2D eigenvalue weighted by atomic mass is 9.99. The predicted molar refractivity (Wildman–Crippen MR) is 205 cm³/mol. The second-order valence-electron chi connectivity index (χ2n) is 11.6. The standard InChI is InChI=1S/C38H45FN4O.2C2H6/c1-5-7-14-33(29(3)4)25-32(6-2)38(44)43(28-31-15-17-34(39)18-16-31)36-19-22-40-37(26-36)41-35-20-23-42(24-21-35)27-30-12-10-8-9-11-13-30;2*1-2/h5-8,10-19,22,25-26,29,35H,1,9,20-21,23-24,27-28H2,2-4H3,(H,40,41);2*1-2H3/b14-7-,32-6+,33-25-;;. The molecule has 1 amide bonds. The van der Waals surface area contributed by atoms with Crippen molar-refractivity contribution < 1.29 is 9.18 Å². The number of halogens is 1. The van der Waals surface area contributed by atoms with Crippen LogP contribution in [0.25, 0.3) is 0 Å². The van der Waals surface area contributed by atoms with Crippen LogP contribution in [0.2, 0.25) is 0 Å². The Kier molecular flexibility index (Phi) is 18.5. The Hall–Kier alpha value is -4.29. The first kappa shape index (κ1) is 39.9. The van der Waals surface area contributed by atoms with Crippen molar-refractivity contribution in [3.8, 4) is 0 Å². The molecule has 6 heteroatoms. The van der Waals surface area contributed by atoms with Gasteiger partial charge in [0.25, 0.3) is 5.91 Å². The Morgan fingerprint density at radius 2 is 1.81 bits per heavy atom. The van der Waals surface area contributed by atoms with Crippen molar-refractivity contribution in [3.63, 3.8) is 0 Å². The molecule has 0 atom stereocenters. The Labute approximate surface area is 290 Å². The molecule has 48 heavy (non-hydrogen) atoms. The summed E-state index contributed by atoms with van der Waals surface area (Å²) in [6, 6.07) is 10.4. The van der Waals surface area contributed by atoms with Crippen LogP contribution >= 0.6 is 0 Å². The van der Waals surface area contributed by atoms with Crippen molar-refractivity contribution in [1.29, 1.82) is 0 Å². The van der Waals surface area contributed by atoms with Crippen molar-refractivity contribution in [3.05, 3.63) is 138 Å². The molecule has 1 saturated heterocycles. The highest BCUT2D eigenvalue weighted by Crippen LogP contribution is 2.26. The summed E-state index contributed by atoms with van der Waals surface area (Å²) in [5.74, 6) is 0.524. The van der Waals surface area contributed by atoms with Crippen LogP contribution in [0.5, 0.6) is 0 Å². The number of hydrogen-bond donors (Lipinski definition) is 1. The van der Waals surface area contributed by atoms with E-state index in [0.29, 0.717) is 18.2 Å². The van der Waals surface area contributed by atoms with Crippen molar-refractivity contribution in [2.45, 2.75) is 80.3 Å². The zero-order valence-corrected chi connectivity index (χ0v) is 30.3. The molecule has 1 aliphatic heterocycles. The molecular formula is C42H57FN4O. The maximum atomic E-state index is 14.1. The molecule has 1 N–H and O–H groups in total. The Morgan fingerprint density at radius 3 is 2.46 bits per heavy atom. The van der Waals surface area contributed by atoms with Crippen molar-refractivity contribution in [2.75, 3.05) is 29.9 Å². The first-order chi connectivity index (χ1) is 23.4. The number of amides is 1. The van der Waals surface area contributed by atoms with E-state index < -0.39 is 0 Å². The lowest BCUT2D eigenvalue weighted by molar-refractivity contribution is -0.115. The molecule has 2 aromatic rings. The quantitative estimate of drug-likeness (QED) is 0.183. The number of hydrogen-bond acceptors (Lipinski definition) is 4. The third-order valence-corrected chi connectivity index (χ3v) is 7.92. The van der Waals surface area contributed by atoms with Crippen LogP contribution in [-0.4, -0.2) is 41.5 Å². The first-order valence-electron chi connectivity index (χ1n) is 17.6. The van der Waals surface area contributed by atoms with E-state index >= 15 is 0 Å². The summed E-state index contributed by atoms with van der Waals surface area (Å²) in [6.45, 7) is 21.1. The number of nitrogens with zero attached hydrogens (tertiary/aromatic N) is 3. The van der Waals surface area contributed by atoms with Crippen molar-refractivity contribution in [2.24, 2.45) is 5.92 Å². The lowest BCUT2D eigenvalue weighted by Gasteiger charge is -2.33.